The van der Waals surface area contributed by atoms with Crippen LogP contribution in [0.2, 0.25) is 5.02 Å². The molecular formula is C14H17ClO2. The van der Waals surface area contributed by atoms with E-state index < -0.39 is 0 Å². The lowest BCUT2D eigenvalue weighted by Gasteiger charge is -2.22. The van der Waals surface area contributed by atoms with Crippen LogP contribution in [0, 0.1) is 0 Å². The van der Waals surface area contributed by atoms with Crippen molar-refractivity contribution in [3.05, 3.63) is 34.9 Å². The SMILES string of the molecule is C[C@H]1OC2(CCCC2)O[C@@H]1c1ccccc1Cl. The van der Waals surface area contributed by atoms with Crippen LogP contribution in [-0.4, -0.2) is 11.9 Å². The Kier molecular flexibility index (Phi) is 2.89. The van der Waals surface area contributed by atoms with E-state index in [0.717, 1.165) is 23.4 Å². The van der Waals surface area contributed by atoms with E-state index in [0.29, 0.717) is 0 Å². The van der Waals surface area contributed by atoms with E-state index in [4.69, 9.17) is 21.1 Å². The molecule has 1 saturated heterocycles. The normalized spacial score (nSPS) is 31.2. The predicted molar refractivity (Wildman–Crippen MR) is 67.0 cm³/mol. The zero-order valence-electron chi connectivity index (χ0n) is 9.99. The minimum atomic E-state index is -0.330. The van der Waals surface area contributed by atoms with Gasteiger partial charge in [0.25, 0.3) is 0 Å². The van der Waals surface area contributed by atoms with Crippen molar-refractivity contribution in [1.29, 1.82) is 0 Å². The lowest BCUT2D eigenvalue weighted by atomic mass is 10.1. The molecule has 3 rings (SSSR count). The third-order valence-corrected chi connectivity index (χ3v) is 4.09. The summed E-state index contributed by atoms with van der Waals surface area (Å²) in [6.07, 6.45) is 4.47. The standard InChI is InChI=1S/C14H17ClO2/c1-10-13(11-6-2-3-7-12(11)15)17-14(16-10)8-4-5-9-14/h2-3,6-7,10,13H,4-5,8-9H2,1H3/t10-,13+/m1/s1. The van der Waals surface area contributed by atoms with Crippen LogP contribution in [0.1, 0.15) is 44.3 Å². The number of rotatable bonds is 1. The maximum atomic E-state index is 6.23. The molecule has 2 atom stereocenters. The summed E-state index contributed by atoms with van der Waals surface area (Å²) in [7, 11) is 0. The van der Waals surface area contributed by atoms with Crippen LogP contribution in [0.15, 0.2) is 24.3 Å². The number of hydrogen-bond donors (Lipinski definition) is 0. The monoisotopic (exact) mass is 252 g/mol. The second-order valence-corrected chi connectivity index (χ2v) is 5.41. The zero-order valence-corrected chi connectivity index (χ0v) is 10.7. The van der Waals surface area contributed by atoms with Crippen LogP contribution in [-0.2, 0) is 9.47 Å². The predicted octanol–water partition coefficient (Wildman–Crippen LogP) is 4.09. The van der Waals surface area contributed by atoms with Gasteiger partial charge in [-0.3, -0.25) is 0 Å². The fraction of sp³-hybridized carbons (Fsp3) is 0.571. The first-order chi connectivity index (χ1) is 8.20. The largest absolute Gasteiger partial charge is 0.344 e. The summed E-state index contributed by atoms with van der Waals surface area (Å²) in [4.78, 5) is 0. The quantitative estimate of drug-likeness (QED) is 0.750. The molecule has 1 aliphatic heterocycles. The Balaban J connectivity index is 1.87. The van der Waals surface area contributed by atoms with E-state index >= 15 is 0 Å². The fourth-order valence-electron chi connectivity index (χ4n) is 2.93. The second-order valence-electron chi connectivity index (χ2n) is 5.00. The van der Waals surface area contributed by atoms with Crippen molar-refractivity contribution in [2.45, 2.75) is 50.6 Å². The highest BCUT2D eigenvalue weighted by Gasteiger charge is 2.48. The molecule has 3 heteroatoms. The molecule has 0 bridgehead atoms. The fourth-order valence-corrected chi connectivity index (χ4v) is 3.17. The minimum absolute atomic E-state index is 0.0261. The van der Waals surface area contributed by atoms with Gasteiger partial charge in [0.15, 0.2) is 5.79 Å². The van der Waals surface area contributed by atoms with Crippen LogP contribution in [0.4, 0.5) is 0 Å². The van der Waals surface area contributed by atoms with Gasteiger partial charge in [0.05, 0.1) is 6.10 Å². The molecule has 92 valence electrons. The highest BCUT2D eigenvalue weighted by molar-refractivity contribution is 6.31. The van der Waals surface area contributed by atoms with Crippen LogP contribution in [0.25, 0.3) is 0 Å². The molecule has 17 heavy (non-hydrogen) atoms. The highest BCUT2D eigenvalue weighted by atomic mass is 35.5. The first kappa shape index (κ1) is 11.5. The van der Waals surface area contributed by atoms with Gasteiger partial charge < -0.3 is 9.47 Å². The van der Waals surface area contributed by atoms with Gasteiger partial charge in [0.1, 0.15) is 6.10 Å². The summed E-state index contributed by atoms with van der Waals surface area (Å²) in [5.41, 5.74) is 1.05. The maximum Gasteiger partial charge on any atom is 0.169 e. The van der Waals surface area contributed by atoms with Gasteiger partial charge in [-0.2, -0.15) is 0 Å². The number of ether oxygens (including phenoxy) is 2. The third kappa shape index (κ3) is 1.99. The Labute approximate surface area is 107 Å². The van der Waals surface area contributed by atoms with Crippen molar-refractivity contribution in [3.63, 3.8) is 0 Å². The van der Waals surface area contributed by atoms with E-state index in [9.17, 15) is 0 Å². The molecule has 1 aromatic carbocycles. The van der Waals surface area contributed by atoms with Gasteiger partial charge in [-0.1, -0.05) is 29.8 Å². The Morgan fingerprint density at radius 3 is 2.59 bits per heavy atom. The number of hydrogen-bond acceptors (Lipinski definition) is 2. The van der Waals surface area contributed by atoms with Gasteiger partial charge in [0.2, 0.25) is 0 Å². The first-order valence-electron chi connectivity index (χ1n) is 6.30. The van der Waals surface area contributed by atoms with E-state index in [2.05, 4.69) is 6.92 Å². The van der Waals surface area contributed by atoms with Crippen molar-refractivity contribution >= 4 is 11.6 Å². The van der Waals surface area contributed by atoms with E-state index in [-0.39, 0.29) is 18.0 Å². The second kappa shape index (κ2) is 4.27. The van der Waals surface area contributed by atoms with E-state index in [1.165, 1.54) is 12.8 Å². The van der Waals surface area contributed by atoms with Crippen molar-refractivity contribution in [1.82, 2.24) is 0 Å². The summed E-state index contributed by atoms with van der Waals surface area (Å²) < 4.78 is 12.2. The third-order valence-electron chi connectivity index (χ3n) is 3.75. The Bertz CT molecular complexity index is 412. The Hall–Kier alpha value is -0.570. The molecule has 0 N–H and O–H groups in total. The maximum absolute atomic E-state index is 6.23. The Morgan fingerprint density at radius 2 is 1.88 bits per heavy atom. The molecule has 1 spiro atoms. The molecule has 1 saturated carbocycles. The van der Waals surface area contributed by atoms with Crippen LogP contribution in [0.5, 0.6) is 0 Å². The van der Waals surface area contributed by atoms with E-state index in [1.807, 2.05) is 24.3 Å². The van der Waals surface area contributed by atoms with Gasteiger partial charge in [-0.25, -0.2) is 0 Å². The summed E-state index contributed by atoms with van der Waals surface area (Å²) >= 11 is 6.23. The molecule has 0 radical (unpaired) electrons. The van der Waals surface area contributed by atoms with Crippen molar-refractivity contribution in [3.8, 4) is 0 Å². The van der Waals surface area contributed by atoms with Crippen LogP contribution in [0.3, 0.4) is 0 Å². The van der Waals surface area contributed by atoms with Crippen molar-refractivity contribution in [2.75, 3.05) is 0 Å². The van der Waals surface area contributed by atoms with Crippen LogP contribution >= 0.6 is 11.6 Å². The van der Waals surface area contributed by atoms with Crippen LogP contribution < -0.4 is 0 Å². The molecule has 1 heterocycles. The van der Waals surface area contributed by atoms with Gasteiger partial charge in [-0.05, 0) is 25.8 Å². The average Bonchev–Trinajstić information content (AvgIpc) is 2.88. The van der Waals surface area contributed by atoms with Crippen molar-refractivity contribution < 1.29 is 9.47 Å². The van der Waals surface area contributed by atoms with Gasteiger partial charge >= 0.3 is 0 Å². The average molecular weight is 253 g/mol. The molecule has 1 aliphatic carbocycles. The van der Waals surface area contributed by atoms with E-state index in [1.54, 1.807) is 0 Å². The molecule has 2 aliphatic rings. The summed E-state index contributed by atoms with van der Waals surface area (Å²) in [6.45, 7) is 2.07. The molecule has 0 unspecified atom stereocenters. The number of halogens is 1. The molecule has 2 fully saturated rings. The zero-order chi connectivity index (χ0) is 11.9. The van der Waals surface area contributed by atoms with Gasteiger partial charge in [0, 0.05) is 23.4 Å². The molecular weight excluding hydrogens is 236 g/mol. The smallest absolute Gasteiger partial charge is 0.169 e. The molecule has 1 aromatic rings. The van der Waals surface area contributed by atoms with Gasteiger partial charge in [-0.15, -0.1) is 0 Å². The minimum Gasteiger partial charge on any atom is -0.344 e. The topological polar surface area (TPSA) is 18.5 Å². The highest BCUT2D eigenvalue weighted by Crippen LogP contribution is 2.47. The van der Waals surface area contributed by atoms with Crippen molar-refractivity contribution in [2.24, 2.45) is 0 Å². The summed E-state index contributed by atoms with van der Waals surface area (Å²) in [6, 6.07) is 7.88. The lowest BCUT2D eigenvalue weighted by molar-refractivity contribution is -0.168. The lowest BCUT2D eigenvalue weighted by Crippen LogP contribution is -2.25. The summed E-state index contributed by atoms with van der Waals surface area (Å²) in [5.74, 6) is -0.330. The number of benzene rings is 1. The Morgan fingerprint density at radius 1 is 1.18 bits per heavy atom. The first-order valence-corrected chi connectivity index (χ1v) is 6.68. The summed E-state index contributed by atoms with van der Waals surface area (Å²) in [5, 5.41) is 0.767. The molecule has 0 amide bonds. The molecule has 2 nitrogen and oxygen atoms in total. The molecule has 0 aromatic heterocycles.